The third kappa shape index (κ3) is 7.34. The summed E-state index contributed by atoms with van der Waals surface area (Å²) in [5.41, 5.74) is 8.30. The number of thiol groups is 1. The average molecular weight is 546 g/mol. The number of rotatable bonds is 13. The summed E-state index contributed by atoms with van der Waals surface area (Å²) in [5, 5.41) is 27.7. The van der Waals surface area contributed by atoms with Crippen molar-refractivity contribution in [3.8, 4) is 0 Å². The second-order valence-electron chi connectivity index (χ2n) is 8.82. The number of nitrogens with zero attached hydrogens (tertiary/aromatic N) is 1. The molecule has 0 aliphatic heterocycles. The van der Waals surface area contributed by atoms with Crippen molar-refractivity contribution in [2.75, 3.05) is 5.75 Å². The Balaban J connectivity index is 1.61. The Hall–Kier alpha value is -3.88. The molecule has 204 valence electrons. The van der Waals surface area contributed by atoms with E-state index in [-0.39, 0.29) is 18.6 Å². The number of aliphatic hydroxyl groups excluding tert-OH is 1. The fourth-order valence-electron chi connectivity index (χ4n) is 3.84. The molecule has 0 fully saturated rings. The van der Waals surface area contributed by atoms with Crippen LogP contribution in [0.4, 0.5) is 0 Å². The van der Waals surface area contributed by atoms with Gasteiger partial charge in [0.05, 0.1) is 18.5 Å². The summed E-state index contributed by atoms with van der Waals surface area (Å²) in [6.07, 6.45) is 3.30. The van der Waals surface area contributed by atoms with Crippen LogP contribution in [0.5, 0.6) is 0 Å². The first-order valence-electron chi connectivity index (χ1n) is 11.8. The maximum atomic E-state index is 12.9. The molecule has 3 amide bonds. The minimum Gasteiger partial charge on any atom is -0.480 e. The predicted octanol–water partition coefficient (Wildman–Crippen LogP) is -1.15. The molecule has 0 saturated carbocycles. The van der Waals surface area contributed by atoms with Crippen LogP contribution in [0, 0.1) is 0 Å². The number of aliphatic carboxylic acids is 1. The molecule has 0 aliphatic rings. The third-order valence-corrected chi connectivity index (χ3v) is 6.29. The minimum atomic E-state index is -1.50. The number of nitrogens with two attached hydrogens (primary N) is 1. The predicted molar refractivity (Wildman–Crippen MR) is 141 cm³/mol. The molecule has 0 bridgehead atoms. The zero-order valence-corrected chi connectivity index (χ0v) is 21.4. The van der Waals surface area contributed by atoms with Crippen LogP contribution in [0.25, 0.3) is 10.9 Å². The van der Waals surface area contributed by atoms with Gasteiger partial charge in [-0.3, -0.25) is 14.4 Å². The van der Waals surface area contributed by atoms with Crippen molar-refractivity contribution in [2.24, 2.45) is 5.73 Å². The van der Waals surface area contributed by atoms with Crippen molar-refractivity contribution in [2.45, 2.75) is 50.0 Å². The summed E-state index contributed by atoms with van der Waals surface area (Å²) in [6.45, 7) is 1.26. The number of fused-ring (bicyclic) bond motifs is 1. The van der Waals surface area contributed by atoms with E-state index in [9.17, 15) is 29.4 Å². The van der Waals surface area contributed by atoms with Gasteiger partial charge in [-0.15, -0.1) is 0 Å². The van der Waals surface area contributed by atoms with Crippen LogP contribution in [0.1, 0.15) is 18.2 Å². The number of carboxylic acid groups (broad SMARTS) is 1. The first kappa shape index (κ1) is 28.7. The van der Waals surface area contributed by atoms with Gasteiger partial charge >= 0.3 is 5.97 Å². The monoisotopic (exact) mass is 545 g/mol. The Morgan fingerprint density at radius 1 is 1.03 bits per heavy atom. The van der Waals surface area contributed by atoms with Crippen molar-refractivity contribution in [1.29, 1.82) is 0 Å². The number of aromatic amines is 2. The highest BCUT2D eigenvalue weighted by Gasteiger charge is 2.32. The highest BCUT2D eigenvalue weighted by molar-refractivity contribution is 7.80. The normalized spacial score (nSPS) is 15.2. The molecule has 13 nitrogen and oxygen atoms in total. The number of H-pyrrole nitrogens is 2. The molecule has 1 aromatic carbocycles. The van der Waals surface area contributed by atoms with Crippen LogP contribution in [0.15, 0.2) is 43.0 Å². The molecular formula is C24H31N7O6S. The van der Waals surface area contributed by atoms with Gasteiger partial charge in [0.2, 0.25) is 17.7 Å². The largest absolute Gasteiger partial charge is 0.480 e. The highest BCUT2D eigenvalue weighted by atomic mass is 32.1. The summed E-state index contributed by atoms with van der Waals surface area (Å²) in [5.74, 6) is -3.75. The van der Waals surface area contributed by atoms with E-state index in [1.54, 1.807) is 6.20 Å². The standard InChI is InChI=1S/C24H31N7O6S/c1-12(32)20(23(35)29-18(24(36)37)7-14-9-26-11-28-14)31-22(34)19(10-38)30-21(33)16(25)6-13-8-27-17-5-3-2-4-15(13)17/h2-5,8-9,11-12,16,18-20,27,32,38H,6-7,10,25H2,1H3,(H,26,28)(H,29,35)(H,30,33)(H,31,34)(H,36,37). The van der Waals surface area contributed by atoms with Gasteiger partial charge in [0.1, 0.15) is 18.1 Å². The first-order valence-corrected chi connectivity index (χ1v) is 12.4. The highest BCUT2D eigenvalue weighted by Crippen LogP contribution is 2.18. The second-order valence-corrected chi connectivity index (χ2v) is 9.19. The van der Waals surface area contributed by atoms with Gasteiger partial charge in [-0.25, -0.2) is 9.78 Å². The number of nitrogens with one attached hydrogen (secondary N) is 5. The maximum Gasteiger partial charge on any atom is 0.326 e. The van der Waals surface area contributed by atoms with E-state index in [0.29, 0.717) is 5.69 Å². The van der Waals surface area contributed by atoms with Crippen molar-refractivity contribution < 1.29 is 29.4 Å². The number of imidazole rings is 1. The molecule has 3 rings (SSSR count). The fraction of sp³-hybridized carbons (Fsp3) is 0.375. The van der Waals surface area contributed by atoms with E-state index in [2.05, 4.69) is 43.5 Å². The molecule has 2 aromatic heterocycles. The van der Waals surface area contributed by atoms with Crippen LogP contribution in [-0.2, 0) is 32.0 Å². The van der Waals surface area contributed by atoms with Crippen LogP contribution < -0.4 is 21.7 Å². The van der Waals surface area contributed by atoms with Gasteiger partial charge in [0.15, 0.2) is 0 Å². The van der Waals surface area contributed by atoms with Crippen molar-refractivity contribution in [3.63, 3.8) is 0 Å². The Morgan fingerprint density at radius 2 is 1.74 bits per heavy atom. The number of aromatic nitrogens is 3. The van der Waals surface area contributed by atoms with Crippen molar-refractivity contribution >= 4 is 47.2 Å². The van der Waals surface area contributed by atoms with E-state index >= 15 is 0 Å². The average Bonchev–Trinajstić information content (AvgIpc) is 3.54. The maximum absolute atomic E-state index is 12.9. The van der Waals surface area contributed by atoms with Crippen molar-refractivity contribution in [1.82, 2.24) is 30.9 Å². The quantitative estimate of drug-likeness (QED) is 0.119. The topological polar surface area (TPSA) is 215 Å². The van der Waals surface area contributed by atoms with Gasteiger partial charge in [-0.2, -0.15) is 12.6 Å². The molecule has 0 spiro atoms. The summed E-state index contributed by atoms with van der Waals surface area (Å²) >= 11 is 4.12. The zero-order chi connectivity index (χ0) is 27.8. The van der Waals surface area contributed by atoms with Crippen LogP contribution in [-0.4, -0.2) is 84.9 Å². The van der Waals surface area contributed by atoms with Crippen LogP contribution in [0.2, 0.25) is 0 Å². The van der Waals surface area contributed by atoms with Gasteiger partial charge in [0.25, 0.3) is 0 Å². The molecule has 38 heavy (non-hydrogen) atoms. The molecule has 0 saturated heterocycles. The number of carbonyl (C=O) groups excluding carboxylic acids is 3. The number of carboxylic acids is 1. The molecule has 3 aromatic rings. The summed E-state index contributed by atoms with van der Waals surface area (Å²) in [4.78, 5) is 59.7. The summed E-state index contributed by atoms with van der Waals surface area (Å²) < 4.78 is 0. The Kier molecular flexibility index (Phi) is 9.87. The Morgan fingerprint density at radius 3 is 2.37 bits per heavy atom. The number of amides is 3. The molecule has 14 heteroatoms. The van der Waals surface area contributed by atoms with E-state index in [1.165, 1.54) is 19.4 Å². The van der Waals surface area contributed by atoms with Gasteiger partial charge in [-0.05, 0) is 25.0 Å². The van der Waals surface area contributed by atoms with Gasteiger partial charge < -0.3 is 41.9 Å². The lowest BCUT2D eigenvalue weighted by atomic mass is 10.0. The molecule has 0 aliphatic carbocycles. The van der Waals surface area contributed by atoms with Gasteiger partial charge in [-0.1, -0.05) is 18.2 Å². The molecule has 0 radical (unpaired) electrons. The fourth-order valence-corrected chi connectivity index (χ4v) is 4.10. The molecular weight excluding hydrogens is 514 g/mol. The zero-order valence-electron chi connectivity index (χ0n) is 20.5. The van der Waals surface area contributed by atoms with E-state index in [0.717, 1.165) is 16.5 Å². The van der Waals surface area contributed by atoms with Gasteiger partial charge in [0, 0.05) is 41.2 Å². The number of carbonyl (C=O) groups is 4. The minimum absolute atomic E-state index is 0.0921. The second kappa shape index (κ2) is 13.1. The SMILES string of the molecule is CC(O)C(NC(=O)C(CS)NC(=O)C(N)Cc1c[nH]c2ccccc12)C(=O)NC(Cc1cnc[nH]1)C(=O)O. The number of benzene rings is 1. The number of aliphatic hydroxyl groups is 1. The number of hydrogen-bond donors (Lipinski definition) is 9. The first-order chi connectivity index (χ1) is 18.1. The third-order valence-electron chi connectivity index (χ3n) is 5.92. The molecule has 5 atom stereocenters. The molecule has 5 unspecified atom stereocenters. The smallest absolute Gasteiger partial charge is 0.326 e. The van der Waals surface area contributed by atoms with E-state index in [1.807, 2.05) is 24.3 Å². The lowest BCUT2D eigenvalue weighted by Gasteiger charge is -2.26. The van der Waals surface area contributed by atoms with E-state index in [4.69, 9.17) is 5.73 Å². The number of para-hydroxylation sites is 1. The lowest BCUT2D eigenvalue weighted by molar-refractivity contribution is -0.143. The molecule has 9 N–H and O–H groups in total. The van der Waals surface area contributed by atoms with Crippen molar-refractivity contribution in [3.05, 3.63) is 54.2 Å². The number of hydrogen-bond acceptors (Lipinski definition) is 8. The van der Waals surface area contributed by atoms with Crippen LogP contribution >= 0.6 is 12.6 Å². The summed E-state index contributed by atoms with van der Waals surface area (Å²) in [7, 11) is 0. The Labute approximate surface area is 223 Å². The molecule has 2 heterocycles. The lowest BCUT2D eigenvalue weighted by Crippen LogP contribution is -2.60. The Bertz CT molecular complexity index is 1260. The van der Waals surface area contributed by atoms with Crippen LogP contribution in [0.3, 0.4) is 0 Å². The van der Waals surface area contributed by atoms with E-state index < -0.39 is 54.0 Å². The summed E-state index contributed by atoms with van der Waals surface area (Å²) in [6, 6.07) is 2.57.